The molecule has 2 aromatic carbocycles. The topological polar surface area (TPSA) is 87.7 Å². The van der Waals surface area contributed by atoms with Crippen molar-refractivity contribution in [3.63, 3.8) is 0 Å². The molecule has 0 bridgehead atoms. The molecule has 0 aliphatic carbocycles. The molecule has 2 N–H and O–H groups in total. The number of methoxy groups -OCH3 is 1. The number of phenolic OH excluding ortho intramolecular Hbond substituents is 1. The molecule has 7 heteroatoms. The van der Waals surface area contributed by atoms with Crippen LogP contribution in [0.25, 0.3) is 11.3 Å². The number of aromatic amines is 1. The summed E-state index contributed by atoms with van der Waals surface area (Å²) in [6.45, 7) is 3.76. The van der Waals surface area contributed by atoms with E-state index in [4.69, 9.17) is 9.47 Å². The number of aromatic hydroxyl groups is 1. The number of rotatable bonds is 11. The van der Waals surface area contributed by atoms with Crippen LogP contribution >= 0.6 is 0 Å². The predicted octanol–water partition coefficient (Wildman–Crippen LogP) is 4.93. The number of benzene rings is 2. The number of amides is 1. The highest BCUT2D eigenvalue weighted by Gasteiger charge is 2.42. The van der Waals surface area contributed by atoms with Crippen molar-refractivity contribution in [1.29, 1.82) is 0 Å². The van der Waals surface area contributed by atoms with Gasteiger partial charge in [-0.25, -0.2) is 0 Å². The summed E-state index contributed by atoms with van der Waals surface area (Å²) >= 11 is 0. The number of aromatic nitrogens is 2. The number of unbranched alkanes of at least 4 members (excludes halogenated alkanes) is 3. The average Bonchev–Trinajstić information content (AvgIpc) is 3.37. The van der Waals surface area contributed by atoms with E-state index < -0.39 is 0 Å². The van der Waals surface area contributed by atoms with Crippen LogP contribution in [0.1, 0.15) is 60.3 Å². The lowest BCUT2D eigenvalue weighted by Gasteiger charge is -2.26. The van der Waals surface area contributed by atoms with Gasteiger partial charge in [-0.2, -0.15) is 5.10 Å². The average molecular weight is 450 g/mol. The number of nitrogens with one attached hydrogen (secondary N) is 1. The Hall–Kier alpha value is -3.32. The van der Waals surface area contributed by atoms with E-state index in [1.807, 2.05) is 30.3 Å². The lowest BCUT2D eigenvalue weighted by molar-refractivity contribution is 0.0677. The zero-order chi connectivity index (χ0) is 23.2. The van der Waals surface area contributed by atoms with E-state index in [1.54, 1.807) is 30.2 Å². The Bertz CT molecular complexity index is 1080. The third kappa shape index (κ3) is 4.73. The number of carbonyl (C=O) groups excluding carboxylic acids is 1. The fourth-order valence-corrected chi connectivity index (χ4v) is 4.31. The van der Waals surface area contributed by atoms with Crippen molar-refractivity contribution in [2.45, 2.75) is 38.6 Å². The molecule has 2 heterocycles. The first-order valence-corrected chi connectivity index (χ1v) is 11.5. The summed E-state index contributed by atoms with van der Waals surface area (Å²) in [4.78, 5) is 15.0. The Kier molecular flexibility index (Phi) is 7.29. The Morgan fingerprint density at radius 3 is 2.58 bits per heavy atom. The number of para-hydroxylation sites is 1. The lowest BCUT2D eigenvalue weighted by atomic mass is 9.95. The number of hydrogen-bond donors (Lipinski definition) is 2. The molecule has 0 radical (unpaired) electrons. The molecular weight excluding hydrogens is 418 g/mol. The van der Waals surface area contributed by atoms with Gasteiger partial charge < -0.3 is 19.5 Å². The zero-order valence-corrected chi connectivity index (χ0v) is 19.2. The van der Waals surface area contributed by atoms with Crippen LogP contribution in [0, 0.1) is 0 Å². The Balaban J connectivity index is 1.64. The molecule has 33 heavy (non-hydrogen) atoms. The predicted molar refractivity (Wildman–Crippen MR) is 127 cm³/mol. The highest BCUT2D eigenvalue weighted by molar-refractivity contribution is 6.00. The maximum Gasteiger partial charge on any atom is 0.273 e. The molecule has 174 valence electrons. The minimum atomic E-state index is -0.338. The molecule has 4 rings (SSSR count). The monoisotopic (exact) mass is 449 g/mol. The largest absolute Gasteiger partial charge is 0.507 e. The third-order valence-corrected chi connectivity index (χ3v) is 6.02. The summed E-state index contributed by atoms with van der Waals surface area (Å²) in [7, 11) is 1.62. The molecule has 0 saturated carbocycles. The lowest BCUT2D eigenvalue weighted by Crippen LogP contribution is -2.32. The van der Waals surface area contributed by atoms with Crippen molar-refractivity contribution in [3.05, 3.63) is 65.4 Å². The molecule has 1 aliphatic rings. The van der Waals surface area contributed by atoms with Crippen LogP contribution < -0.4 is 4.74 Å². The van der Waals surface area contributed by atoms with E-state index in [-0.39, 0.29) is 17.7 Å². The van der Waals surface area contributed by atoms with E-state index in [0.29, 0.717) is 36.7 Å². The second-order valence-electron chi connectivity index (χ2n) is 8.25. The van der Waals surface area contributed by atoms with E-state index in [9.17, 15) is 9.90 Å². The zero-order valence-electron chi connectivity index (χ0n) is 19.2. The summed E-state index contributed by atoms with van der Waals surface area (Å²) in [6, 6.07) is 14.6. The number of ether oxygens (including phenoxy) is 2. The van der Waals surface area contributed by atoms with Gasteiger partial charge >= 0.3 is 0 Å². The minimum absolute atomic E-state index is 0.125. The first-order valence-electron chi connectivity index (χ1n) is 11.5. The van der Waals surface area contributed by atoms with Crippen LogP contribution in [0.5, 0.6) is 11.5 Å². The van der Waals surface area contributed by atoms with Crippen LogP contribution in [0.15, 0.2) is 48.5 Å². The van der Waals surface area contributed by atoms with Crippen LogP contribution in [-0.4, -0.2) is 53.0 Å². The number of fused-ring (bicyclic) bond motifs is 1. The first-order chi connectivity index (χ1) is 16.2. The van der Waals surface area contributed by atoms with E-state index in [0.717, 1.165) is 23.3 Å². The van der Waals surface area contributed by atoms with Gasteiger partial charge in [0.1, 0.15) is 22.9 Å². The number of H-pyrrole nitrogens is 1. The fraction of sp³-hybridized carbons (Fsp3) is 0.385. The maximum atomic E-state index is 13.2. The molecule has 1 amide bonds. The molecule has 0 spiro atoms. The van der Waals surface area contributed by atoms with Gasteiger partial charge in [0, 0.05) is 24.8 Å². The van der Waals surface area contributed by atoms with Gasteiger partial charge in [0.25, 0.3) is 5.91 Å². The van der Waals surface area contributed by atoms with Crippen molar-refractivity contribution < 1.29 is 19.4 Å². The number of nitrogens with zero attached hydrogens (tertiary/aromatic N) is 2. The van der Waals surface area contributed by atoms with Gasteiger partial charge in [-0.3, -0.25) is 9.89 Å². The molecule has 1 atom stereocenters. The Morgan fingerprint density at radius 1 is 1.06 bits per heavy atom. The standard InChI is InChI=1S/C26H31N3O4/c1-3-4-5-8-16-33-19-13-11-18(12-14-19)25-22-23(20-9-6-7-10-21(20)30)27-28-24(22)26(31)29(25)15-17-32-2/h6-7,9-14,25,30H,3-5,8,15-17H2,1-2H3,(H,27,28)/t25-/m0/s1. The van der Waals surface area contributed by atoms with Crippen molar-refractivity contribution in [2.75, 3.05) is 26.9 Å². The van der Waals surface area contributed by atoms with Crippen molar-refractivity contribution in [3.8, 4) is 22.8 Å². The van der Waals surface area contributed by atoms with Crippen LogP contribution in [0.3, 0.4) is 0 Å². The summed E-state index contributed by atoms with van der Waals surface area (Å²) in [5, 5.41) is 17.7. The molecule has 0 unspecified atom stereocenters. The van der Waals surface area contributed by atoms with Crippen molar-refractivity contribution in [2.24, 2.45) is 0 Å². The first kappa shape index (κ1) is 22.9. The highest BCUT2D eigenvalue weighted by atomic mass is 16.5. The van der Waals surface area contributed by atoms with Crippen molar-refractivity contribution in [1.82, 2.24) is 15.1 Å². The van der Waals surface area contributed by atoms with Crippen LogP contribution in [0.4, 0.5) is 0 Å². The normalized spacial score (nSPS) is 15.2. The summed E-state index contributed by atoms with van der Waals surface area (Å²) < 4.78 is 11.2. The summed E-state index contributed by atoms with van der Waals surface area (Å²) in [6.07, 6.45) is 4.64. The molecular formula is C26H31N3O4. The maximum absolute atomic E-state index is 13.2. The molecule has 0 fully saturated rings. The quantitative estimate of drug-likeness (QED) is 0.405. The smallest absolute Gasteiger partial charge is 0.273 e. The Labute approximate surface area is 194 Å². The molecule has 1 aromatic heterocycles. The third-order valence-electron chi connectivity index (χ3n) is 6.02. The van der Waals surface area contributed by atoms with Crippen LogP contribution in [-0.2, 0) is 4.74 Å². The SMILES string of the molecule is CCCCCCOc1ccc([C@H]2c3c(-c4ccccc4O)n[nH]c3C(=O)N2CCOC)cc1. The summed E-state index contributed by atoms with van der Waals surface area (Å²) in [5.41, 5.74) is 3.34. The minimum Gasteiger partial charge on any atom is -0.507 e. The molecule has 0 saturated heterocycles. The second kappa shape index (κ2) is 10.5. The molecule has 7 nitrogen and oxygen atoms in total. The van der Waals surface area contributed by atoms with Gasteiger partial charge in [-0.05, 0) is 36.2 Å². The van der Waals surface area contributed by atoms with Crippen LogP contribution in [0.2, 0.25) is 0 Å². The Morgan fingerprint density at radius 2 is 1.85 bits per heavy atom. The molecule has 1 aliphatic heterocycles. The van der Waals surface area contributed by atoms with Gasteiger partial charge in [-0.1, -0.05) is 50.5 Å². The van der Waals surface area contributed by atoms with Gasteiger partial charge in [0.05, 0.1) is 19.3 Å². The highest BCUT2D eigenvalue weighted by Crippen LogP contribution is 2.44. The van der Waals surface area contributed by atoms with Gasteiger partial charge in [0.15, 0.2) is 0 Å². The molecule has 3 aromatic rings. The fourth-order valence-electron chi connectivity index (χ4n) is 4.31. The van der Waals surface area contributed by atoms with E-state index in [2.05, 4.69) is 17.1 Å². The number of carbonyl (C=O) groups is 1. The summed E-state index contributed by atoms with van der Waals surface area (Å²) in [5.74, 6) is 0.814. The number of phenols is 1. The second-order valence-corrected chi connectivity index (χ2v) is 8.25. The van der Waals surface area contributed by atoms with Gasteiger partial charge in [-0.15, -0.1) is 0 Å². The van der Waals surface area contributed by atoms with Gasteiger partial charge in [0.2, 0.25) is 0 Å². The van der Waals surface area contributed by atoms with Crippen molar-refractivity contribution >= 4 is 5.91 Å². The van der Waals surface area contributed by atoms with E-state index >= 15 is 0 Å². The number of hydrogen-bond acceptors (Lipinski definition) is 5. The van der Waals surface area contributed by atoms with E-state index in [1.165, 1.54) is 19.3 Å².